The highest BCUT2D eigenvalue weighted by atomic mass is 16.2. The van der Waals surface area contributed by atoms with E-state index in [2.05, 4.69) is 5.10 Å². The molecule has 0 aliphatic carbocycles. The number of nitrogens with zero attached hydrogens (tertiary/aromatic N) is 2. The topological polar surface area (TPSA) is 84.1 Å². The highest BCUT2D eigenvalue weighted by Gasteiger charge is 2.27. The van der Waals surface area contributed by atoms with Gasteiger partial charge >= 0.3 is 0 Å². The molecule has 3 rings (SSSR count). The third-order valence-electron chi connectivity index (χ3n) is 4.73. The van der Waals surface area contributed by atoms with E-state index in [0.29, 0.717) is 24.7 Å². The van der Waals surface area contributed by atoms with E-state index in [0.717, 1.165) is 24.1 Å². The molecule has 1 aromatic heterocycles. The standard InChI is InChI=1S/C18H24N4O2/c1-12-5-7-15(8-6-12)22-17(23)10-16(20-22)18(24)21-9-3-4-14(11-21)13(2)19/h5-8,10,13-14,20H,3-4,9,11,19H2,1-2H3. The molecule has 0 bridgehead atoms. The number of rotatable bonds is 3. The fraction of sp³-hybridized carbons (Fsp3) is 0.444. The number of benzene rings is 1. The molecule has 2 heterocycles. The zero-order chi connectivity index (χ0) is 17.3. The van der Waals surface area contributed by atoms with Gasteiger partial charge in [-0.05, 0) is 44.7 Å². The number of nitrogens with one attached hydrogen (secondary N) is 1. The molecule has 0 saturated carbocycles. The van der Waals surface area contributed by atoms with Gasteiger partial charge in [-0.25, -0.2) is 4.68 Å². The first-order valence-corrected chi connectivity index (χ1v) is 8.39. The fourth-order valence-corrected chi connectivity index (χ4v) is 3.18. The Balaban J connectivity index is 1.82. The van der Waals surface area contributed by atoms with Crippen LogP contribution in [0.1, 0.15) is 35.8 Å². The number of H-pyrrole nitrogens is 1. The highest BCUT2D eigenvalue weighted by Crippen LogP contribution is 2.20. The number of carbonyl (C=O) groups excluding carboxylic acids is 1. The SMILES string of the molecule is Cc1ccc(-n2[nH]c(C(=O)N3CCCC(C(C)N)C3)cc2=O)cc1. The molecule has 1 aliphatic rings. The third-order valence-corrected chi connectivity index (χ3v) is 4.73. The smallest absolute Gasteiger partial charge is 0.271 e. The van der Waals surface area contributed by atoms with E-state index >= 15 is 0 Å². The van der Waals surface area contributed by atoms with Crippen LogP contribution in [0.15, 0.2) is 35.1 Å². The number of carbonyl (C=O) groups is 1. The summed E-state index contributed by atoms with van der Waals surface area (Å²) in [5.74, 6) is 0.178. The van der Waals surface area contributed by atoms with Crippen LogP contribution in [-0.2, 0) is 0 Å². The number of piperidine rings is 1. The van der Waals surface area contributed by atoms with Gasteiger partial charge in [0.1, 0.15) is 5.69 Å². The summed E-state index contributed by atoms with van der Waals surface area (Å²) in [6.07, 6.45) is 1.99. The molecule has 2 unspecified atom stereocenters. The van der Waals surface area contributed by atoms with E-state index in [4.69, 9.17) is 5.73 Å². The molecule has 24 heavy (non-hydrogen) atoms. The van der Waals surface area contributed by atoms with Crippen molar-refractivity contribution in [3.05, 3.63) is 51.9 Å². The van der Waals surface area contributed by atoms with E-state index in [1.54, 1.807) is 4.90 Å². The molecular formula is C18H24N4O2. The molecule has 2 aromatic rings. The Bertz CT molecular complexity index is 773. The molecule has 1 saturated heterocycles. The van der Waals surface area contributed by atoms with Crippen molar-refractivity contribution >= 4 is 5.91 Å². The lowest BCUT2D eigenvalue weighted by atomic mass is 9.92. The maximum absolute atomic E-state index is 12.7. The predicted molar refractivity (Wildman–Crippen MR) is 93.4 cm³/mol. The van der Waals surface area contributed by atoms with Crippen LogP contribution in [0.2, 0.25) is 0 Å². The molecule has 3 N–H and O–H groups in total. The number of hydrogen-bond donors (Lipinski definition) is 2. The molecular weight excluding hydrogens is 304 g/mol. The number of hydrogen-bond acceptors (Lipinski definition) is 3. The van der Waals surface area contributed by atoms with E-state index in [-0.39, 0.29) is 17.5 Å². The first kappa shape index (κ1) is 16.5. The molecule has 6 nitrogen and oxygen atoms in total. The summed E-state index contributed by atoms with van der Waals surface area (Å²) in [6.45, 7) is 5.32. The van der Waals surface area contributed by atoms with Gasteiger partial charge in [0.2, 0.25) is 0 Å². The lowest BCUT2D eigenvalue weighted by molar-refractivity contribution is 0.0654. The number of aryl methyl sites for hydroxylation is 1. The van der Waals surface area contributed by atoms with Crippen molar-refractivity contribution in [2.24, 2.45) is 11.7 Å². The van der Waals surface area contributed by atoms with E-state index in [1.165, 1.54) is 10.7 Å². The Kier molecular flexibility index (Phi) is 4.57. The van der Waals surface area contributed by atoms with Crippen LogP contribution in [0.25, 0.3) is 5.69 Å². The van der Waals surface area contributed by atoms with E-state index in [9.17, 15) is 9.59 Å². The maximum Gasteiger partial charge on any atom is 0.271 e. The van der Waals surface area contributed by atoms with Crippen molar-refractivity contribution in [3.63, 3.8) is 0 Å². The van der Waals surface area contributed by atoms with E-state index in [1.807, 2.05) is 38.1 Å². The zero-order valence-electron chi connectivity index (χ0n) is 14.2. The summed E-state index contributed by atoms with van der Waals surface area (Å²) in [5, 5.41) is 2.94. The van der Waals surface area contributed by atoms with Gasteiger partial charge in [-0.2, -0.15) is 0 Å². The van der Waals surface area contributed by atoms with Crippen molar-refractivity contribution in [1.29, 1.82) is 0 Å². The summed E-state index contributed by atoms with van der Waals surface area (Å²) in [5.41, 5.74) is 7.91. The van der Waals surface area contributed by atoms with Gasteiger partial charge in [0, 0.05) is 25.2 Å². The molecule has 0 radical (unpaired) electrons. The minimum absolute atomic E-state index is 0.0665. The Labute approximate surface area is 141 Å². The van der Waals surface area contributed by atoms with Crippen LogP contribution in [-0.4, -0.2) is 39.7 Å². The average molecular weight is 328 g/mol. The lowest BCUT2D eigenvalue weighted by Crippen LogP contribution is -2.45. The summed E-state index contributed by atoms with van der Waals surface area (Å²) in [7, 11) is 0. The number of amides is 1. The Morgan fingerprint density at radius 1 is 1.33 bits per heavy atom. The first-order valence-electron chi connectivity index (χ1n) is 8.39. The van der Waals surface area contributed by atoms with Gasteiger partial charge in [0.25, 0.3) is 11.5 Å². The van der Waals surface area contributed by atoms with Crippen molar-refractivity contribution in [3.8, 4) is 5.69 Å². The normalized spacial score (nSPS) is 19.3. The summed E-state index contributed by atoms with van der Waals surface area (Å²) in [4.78, 5) is 26.7. The fourth-order valence-electron chi connectivity index (χ4n) is 3.18. The largest absolute Gasteiger partial charge is 0.337 e. The van der Waals surface area contributed by atoms with Crippen molar-refractivity contribution in [2.75, 3.05) is 13.1 Å². The van der Waals surface area contributed by atoms with Crippen LogP contribution in [0, 0.1) is 12.8 Å². The van der Waals surface area contributed by atoms with Gasteiger partial charge in [-0.3, -0.25) is 14.7 Å². The molecule has 1 aliphatic heterocycles. The van der Waals surface area contributed by atoms with Crippen molar-refractivity contribution < 1.29 is 4.79 Å². The van der Waals surface area contributed by atoms with Crippen LogP contribution in [0.3, 0.4) is 0 Å². The second kappa shape index (κ2) is 6.65. The second-order valence-electron chi connectivity index (χ2n) is 6.69. The molecule has 1 fully saturated rings. The number of likely N-dealkylation sites (tertiary alicyclic amines) is 1. The molecule has 128 valence electrons. The predicted octanol–water partition coefficient (Wildman–Crippen LogP) is 1.67. The summed E-state index contributed by atoms with van der Waals surface area (Å²) >= 11 is 0. The molecule has 1 aromatic carbocycles. The Hall–Kier alpha value is -2.34. The molecule has 0 spiro atoms. The maximum atomic E-state index is 12.7. The van der Waals surface area contributed by atoms with Gasteiger partial charge in [-0.1, -0.05) is 17.7 Å². The van der Waals surface area contributed by atoms with Crippen LogP contribution >= 0.6 is 0 Å². The zero-order valence-corrected chi connectivity index (χ0v) is 14.2. The summed E-state index contributed by atoms with van der Waals surface area (Å²) < 4.78 is 1.40. The van der Waals surface area contributed by atoms with Crippen LogP contribution < -0.4 is 11.3 Å². The van der Waals surface area contributed by atoms with Crippen molar-refractivity contribution in [2.45, 2.75) is 32.7 Å². The summed E-state index contributed by atoms with van der Waals surface area (Å²) in [6, 6.07) is 9.02. The number of aromatic nitrogens is 2. The number of nitrogens with two attached hydrogens (primary N) is 1. The van der Waals surface area contributed by atoms with Crippen molar-refractivity contribution in [1.82, 2.24) is 14.7 Å². The van der Waals surface area contributed by atoms with Crippen LogP contribution in [0.4, 0.5) is 0 Å². The monoisotopic (exact) mass is 328 g/mol. The third kappa shape index (κ3) is 3.28. The van der Waals surface area contributed by atoms with E-state index < -0.39 is 0 Å². The lowest BCUT2D eigenvalue weighted by Gasteiger charge is -2.34. The van der Waals surface area contributed by atoms with Gasteiger partial charge in [0.05, 0.1) is 5.69 Å². The Morgan fingerprint density at radius 3 is 2.71 bits per heavy atom. The Morgan fingerprint density at radius 2 is 2.04 bits per heavy atom. The quantitative estimate of drug-likeness (QED) is 0.899. The van der Waals surface area contributed by atoms with Crippen LogP contribution in [0.5, 0.6) is 0 Å². The molecule has 6 heteroatoms. The minimum Gasteiger partial charge on any atom is -0.337 e. The second-order valence-corrected chi connectivity index (χ2v) is 6.69. The average Bonchev–Trinajstić information content (AvgIpc) is 2.97. The molecule has 1 amide bonds. The first-order chi connectivity index (χ1) is 11.5. The van der Waals surface area contributed by atoms with Gasteiger partial charge < -0.3 is 10.6 Å². The van der Waals surface area contributed by atoms with Gasteiger partial charge in [0.15, 0.2) is 0 Å². The molecule has 2 atom stereocenters. The van der Waals surface area contributed by atoms with Gasteiger partial charge in [-0.15, -0.1) is 0 Å². The minimum atomic E-state index is -0.233. The highest BCUT2D eigenvalue weighted by molar-refractivity contribution is 5.92. The number of aromatic amines is 1.